The van der Waals surface area contributed by atoms with E-state index in [-0.39, 0.29) is 5.91 Å². The molecular weight excluding hydrogens is 314 g/mol. The quantitative estimate of drug-likeness (QED) is 0.796. The minimum atomic E-state index is -0.0576. The van der Waals surface area contributed by atoms with Crippen molar-refractivity contribution in [1.29, 1.82) is 0 Å². The van der Waals surface area contributed by atoms with Gasteiger partial charge in [-0.15, -0.1) is 11.3 Å². The molecule has 1 fully saturated rings. The maximum Gasteiger partial charge on any atom is 0.274 e. The van der Waals surface area contributed by atoms with Gasteiger partial charge < -0.3 is 14.2 Å². The number of hydrogen-bond acceptors (Lipinski definition) is 6. The Morgan fingerprint density at radius 1 is 1.30 bits per heavy atom. The van der Waals surface area contributed by atoms with Crippen LogP contribution in [0, 0.1) is 0 Å². The minimum Gasteiger partial charge on any atom is -0.463 e. The standard InChI is InChI=1S/C15H15N5O2S/c21-14(12-10-11(17-18-12)13-2-1-8-22-13)19-4-6-20(7-5-19)15-16-3-9-23-15/h1-3,8-10H,4-7H2,(H,17,18). The van der Waals surface area contributed by atoms with E-state index in [1.807, 2.05) is 16.3 Å². The fourth-order valence-electron chi connectivity index (χ4n) is 2.62. The van der Waals surface area contributed by atoms with E-state index in [4.69, 9.17) is 4.42 Å². The second kappa shape index (κ2) is 5.88. The van der Waals surface area contributed by atoms with Crippen LogP contribution in [0.3, 0.4) is 0 Å². The Labute approximate surface area is 136 Å². The molecule has 1 N–H and O–H groups in total. The molecule has 3 aromatic rings. The maximum absolute atomic E-state index is 12.6. The number of rotatable bonds is 3. The van der Waals surface area contributed by atoms with E-state index in [0.717, 1.165) is 18.2 Å². The van der Waals surface area contributed by atoms with E-state index in [1.54, 1.807) is 35.9 Å². The molecule has 1 saturated heterocycles. The zero-order valence-electron chi connectivity index (χ0n) is 12.3. The number of H-pyrrole nitrogens is 1. The highest BCUT2D eigenvalue weighted by atomic mass is 32.1. The third-order valence-electron chi connectivity index (χ3n) is 3.84. The van der Waals surface area contributed by atoms with Gasteiger partial charge >= 0.3 is 0 Å². The Hall–Kier alpha value is -2.61. The van der Waals surface area contributed by atoms with Gasteiger partial charge in [0.1, 0.15) is 5.69 Å². The number of nitrogens with zero attached hydrogens (tertiary/aromatic N) is 4. The summed E-state index contributed by atoms with van der Waals surface area (Å²) < 4.78 is 5.30. The fourth-order valence-corrected chi connectivity index (χ4v) is 3.32. The van der Waals surface area contributed by atoms with Crippen molar-refractivity contribution in [2.75, 3.05) is 31.1 Å². The summed E-state index contributed by atoms with van der Waals surface area (Å²) in [4.78, 5) is 20.9. The molecule has 0 atom stereocenters. The van der Waals surface area contributed by atoms with Crippen LogP contribution in [0.15, 0.2) is 40.5 Å². The molecule has 4 heterocycles. The molecule has 0 unspecified atom stereocenters. The normalized spacial score (nSPS) is 15.1. The molecule has 4 rings (SSSR count). The van der Waals surface area contributed by atoms with Crippen molar-refractivity contribution in [2.45, 2.75) is 0 Å². The summed E-state index contributed by atoms with van der Waals surface area (Å²) in [7, 11) is 0. The average Bonchev–Trinajstić information content (AvgIpc) is 3.36. The van der Waals surface area contributed by atoms with Gasteiger partial charge in [-0.1, -0.05) is 0 Å². The Kier molecular flexibility index (Phi) is 3.58. The van der Waals surface area contributed by atoms with Gasteiger partial charge in [-0.25, -0.2) is 4.98 Å². The molecular formula is C15H15N5O2S. The number of aromatic nitrogens is 3. The van der Waals surface area contributed by atoms with E-state index in [2.05, 4.69) is 20.1 Å². The van der Waals surface area contributed by atoms with Crippen LogP contribution in [0.2, 0.25) is 0 Å². The third kappa shape index (κ3) is 2.72. The number of carbonyl (C=O) groups is 1. The van der Waals surface area contributed by atoms with Crippen LogP contribution in [0.25, 0.3) is 11.5 Å². The number of piperazine rings is 1. The highest BCUT2D eigenvalue weighted by molar-refractivity contribution is 7.13. The summed E-state index contributed by atoms with van der Waals surface area (Å²) >= 11 is 1.62. The van der Waals surface area contributed by atoms with Crippen molar-refractivity contribution >= 4 is 22.4 Å². The van der Waals surface area contributed by atoms with Crippen molar-refractivity contribution in [2.24, 2.45) is 0 Å². The smallest absolute Gasteiger partial charge is 0.274 e. The van der Waals surface area contributed by atoms with Crippen LogP contribution in [0.4, 0.5) is 5.13 Å². The van der Waals surface area contributed by atoms with Gasteiger partial charge in [-0.05, 0) is 12.1 Å². The summed E-state index contributed by atoms with van der Waals surface area (Å²) in [6.45, 7) is 2.91. The van der Waals surface area contributed by atoms with E-state index in [1.165, 1.54) is 0 Å². The molecule has 7 nitrogen and oxygen atoms in total. The largest absolute Gasteiger partial charge is 0.463 e. The number of anilines is 1. The number of nitrogens with one attached hydrogen (secondary N) is 1. The lowest BCUT2D eigenvalue weighted by molar-refractivity contribution is 0.0741. The summed E-state index contributed by atoms with van der Waals surface area (Å²) in [5.74, 6) is 0.614. The summed E-state index contributed by atoms with van der Waals surface area (Å²) in [6, 6.07) is 5.36. The first-order chi connectivity index (χ1) is 11.3. The first-order valence-corrected chi connectivity index (χ1v) is 8.22. The lowest BCUT2D eigenvalue weighted by Gasteiger charge is -2.34. The molecule has 0 radical (unpaired) electrons. The number of carbonyl (C=O) groups excluding carboxylic acids is 1. The predicted octanol–water partition coefficient (Wildman–Crippen LogP) is 2.09. The Morgan fingerprint density at radius 3 is 2.87 bits per heavy atom. The SMILES string of the molecule is O=C(c1cc(-c2ccco2)[nH]n1)N1CCN(c2nccs2)CC1. The van der Waals surface area contributed by atoms with E-state index in [0.29, 0.717) is 30.2 Å². The van der Waals surface area contributed by atoms with Gasteiger partial charge in [0.25, 0.3) is 5.91 Å². The summed E-state index contributed by atoms with van der Waals surface area (Å²) in [6.07, 6.45) is 3.40. The zero-order valence-corrected chi connectivity index (χ0v) is 13.1. The number of thiazole rings is 1. The van der Waals surface area contributed by atoms with Gasteiger partial charge in [-0.3, -0.25) is 9.89 Å². The molecule has 118 valence electrons. The molecule has 0 spiro atoms. The van der Waals surface area contributed by atoms with Crippen molar-refractivity contribution in [1.82, 2.24) is 20.1 Å². The molecule has 3 aromatic heterocycles. The van der Waals surface area contributed by atoms with Crippen LogP contribution in [-0.2, 0) is 0 Å². The monoisotopic (exact) mass is 329 g/mol. The number of amides is 1. The van der Waals surface area contributed by atoms with Crippen LogP contribution >= 0.6 is 11.3 Å². The first kappa shape index (κ1) is 14.0. The second-order valence-corrected chi connectivity index (χ2v) is 6.11. The van der Waals surface area contributed by atoms with Crippen molar-refractivity contribution in [3.05, 3.63) is 41.7 Å². The number of furan rings is 1. The van der Waals surface area contributed by atoms with Gasteiger partial charge in [0.2, 0.25) is 0 Å². The molecule has 0 aliphatic carbocycles. The molecule has 1 amide bonds. The van der Waals surface area contributed by atoms with E-state index >= 15 is 0 Å². The van der Waals surface area contributed by atoms with Crippen molar-refractivity contribution in [3.63, 3.8) is 0 Å². The minimum absolute atomic E-state index is 0.0576. The van der Waals surface area contributed by atoms with Crippen LogP contribution in [-0.4, -0.2) is 52.2 Å². The zero-order chi connectivity index (χ0) is 15.6. The topological polar surface area (TPSA) is 78.3 Å². The molecule has 1 aliphatic heterocycles. The van der Waals surface area contributed by atoms with Crippen molar-refractivity contribution < 1.29 is 9.21 Å². The molecule has 1 aliphatic rings. The Morgan fingerprint density at radius 2 is 2.17 bits per heavy atom. The van der Waals surface area contributed by atoms with Gasteiger partial charge in [0, 0.05) is 43.8 Å². The molecule has 0 aromatic carbocycles. The summed E-state index contributed by atoms with van der Waals surface area (Å²) in [5.41, 5.74) is 1.12. The second-order valence-electron chi connectivity index (χ2n) is 5.24. The lowest BCUT2D eigenvalue weighted by atomic mass is 10.2. The van der Waals surface area contributed by atoms with Gasteiger partial charge in [0.15, 0.2) is 16.6 Å². The van der Waals surface area contributed by atoms with Crippen LogP contribution in [0.1, 0.15) is 10.5 Å². The van der Waals surface area contributed by atoms with Crippen LogP contribution < -0.4 is 4.90 Å². The van der Waals surface area contributed by atoms with Gasteiger partial charge in [-0.2, -0.15) is 5.10 Å². The van der Waals surface area contributed by atoms with E-state index in [9.17, 15) is 4.79 Å². The molecule has 8 heteroatoms. The Balaban J connectivity index is 1.42. The Bertz CT molecular complexity index is 773. The van der Waals surface area contributed by atoms with Crippen LogP contribution in [0.5, 0.6) is 0 Å². The number of aromatic amines is 1. The fraction of sp³-hybridized carbons (Fsp3) is 0.267. The highest BCUT2D eigenvalue weighted by Gasteiger charge is 2.25. The van der Waals surface area contributed by atoms with Crippen molar-refractivity contribution in [3.8, 4) is 11.5 Å². The lowest BCUT2D eigenvalue weighted by Crippen LogP contribution is -2.48. The first-order valence-electron chi connectivity index (χ1n) is 7.34. The molecule has 23 heavy (non-hydrogen) atoms. The summed E-state index contributed by atoms with van der Waals surface area (Å²) in [5, 5.41) is 9.94. The predicted molar refractivity (Wildman–Crippen MR) is 86.5 cm³/mol. The average molecular weight is 329 g/mol. The molecule has 0 saturated carbocycles. The highest BCUT2D eigenvalue weighted by Crippen LogP contribution is 2.21. The van der Waals surface area contributed by atoms with E-state index < -0.39 is 0 Å². The molecule has 0 bridgehead atoms. The maximum atomic E-state index is 12.6. The van der Waals surface area contributed by atoms with Gasteiger partial charge in [0.05, 0.1) is 6.26 Å². The number of hydrogen-bond donors (Lipinski definition) is 1. The third-order valence-corrected chi connectivity index (χ3v) is 4.67.